The van der Waals surface area contributed by atoms with E-state index in [2.05, 4.69) is 43.4 Å². The summed E-state index contributed by atoms with van der Waals surface area (Å²) in [7, 11) is 0. The standard InChI is InChI=1S/C29H35NO3/c1-5-32-27-17-28-25(26(18-33-28)23-13-12-19(2)14-20(23)3)16-24(27)21(4)15-29(31)30-22-10-8-6-7-9-11-22/h12-18,22H,5-11H2,1-4H3,(H,30,31)/b21-15+. The highest BCUT2D eigenvalue weighted by atomic mass is 16.5. The molecule has 0 atom stereocenters. The zero-order chi connectivity index (χ0) is 23.4. The first-order valence-electron chi connectivity index (χ1n) is 12.2. The maximum absolute atomic E-state index is 12.8. The molecule has 3 aromatic rings. The molecule has 1 aliphatic carbocycles. The number of carbonyl (C=O) groups excluding carboxylic acids is 1. The molecule has 4 heteroatoms. The molecule has 1 fully saturated rings. The number of fused-ring (bicyclic) bond motifs is 1. The molecule has 174 valence electrons. The molecule has 1 N–H and O–H groups in total. The lowest BCUT2D eigenvalue weighted by molar-refractivity contribution is -0.117. The molecule has 2 aromatic carbocycles. The molecule has 1 heterocycles. The van der Waals surface area contributed by atoms with E-state index < -0.39 is 0 Å². The molecule has 0 bridgehead atoms. The van der Waals surface area contributed by atoms with Gasteiger partial charge >= 0.3 is 0 Å². The van der Waals surface area contributed by atoms with Crippen LogP contribution in [0.3, 0.4) is 0 Å². The van der Waals surface area contributed by atoms with Crippen LogP contribution in [0.4, 0.5) is 0 Å². The smallest absolute Gasteiger partial charge is 0.244 e. The van der Waals surface area contributed by atoms with Crippen LogP contribution >= 0.6 is 0 Å². The lowest BCUT2D eigenvalue weighted by Crippen LogP contribution is -2.33. The third-order valence-electron chi connectivity index (χ3n) is 6.62. The lowest BCUT2D eigenvalue weighted by atomic mass is 9.96. The van der Waals surface area contributed by atoms with Gasteiger partial charge in [-0.15, -0.1) is 0 Å². The normalized spacial score (nSPS) is 15.5. The molecule has 0 unspecified atom stereocenters. The van der Waals surface area contributed by atoms with Crippen molar-refractivity contribution in [2.45, 2.75) is 72.3 Å². The number of furan rings is 1. The molecular weight excluding hydrogens is 410 g/mol. The number of hydrogen-bond donors (Lipinski definition) is 1. The van der Waals surface area contributed by atoms with E-state index in [1.54, 1.807) is 6.08 Å². The van der Waals surface area contributed by atoms with Crippen LogP contribution in [-0.4, -0.2) is 18.6 Å². The number of amides is 1. The molecule has 0 saturated heterocycles. The van der Waals surface area contributed by atoms with Crippen molar-refractivity contribution in [3.05, 3.63) is 59.4 Å². The summed E-state index contributed by atoms with van der Waals surface area (Å²) >= 11 is 0. The van der Waals surface area contributed by atoms with Gasteiger partial charge in [-0.25, -0.2) is 0 Å². The van der Waals surface area contributed by atoms with Gasteiger partial charge in [-0.2, -0.15) is 0 Å². The molecule has 1 saturated carbocycles. The van der Waals surface area contributed by atoms with Gasteiger partial charge in [0.15, 0.2) is 0 Å². The molecule has 4 rings (SSSR count). The number of hydrogen-bond acceptors (Lipinski definition) is 3. The second kappa shape index (κ2) is 10.3. The quantitative estimate of drug-likeness (QED) is 0.318. The van der Waals surface area contributed by atoms with Crippen molar-refractivity contribution in [3.63, 3.8) is 0 Å². The van der Waals surface area contributed by atoms with Gasteiger partial charge in [0.25, 0.3) is 0 Å². The summed E-state index contributed by atoms with van der Waals surface area (Å²) in [5.74, 6) is 0.714. The predicted octanol–water partition coefficient (Wildman–Crippen LogP) is 7.36. The van der Waals surface area contributed by atoms with E-state index in [-0.39, 0.29) is 11.9 Å². The highest BCUT2D eigenvalue weighted by Crippen LogP contribution is 2.38. The number of nitrogens with one attached hydrogen (secondary N) is 1. The number of carbonyl (C=O) groups is 1. The van der Waals surface area contributed by atoms with Gasteiger partial charge in [-0.3, -0.25) is 4.79 Å². The van der Waals surface area contributed by atoms with Crippen molar-refractivity contribution in [2.75, 3.05) is 6.61 Å². The van der Waals surface area contributed by atoms with Crippen molar-refractivity contribution in [2.24, 2.45) is 0 Å². The monoisotopic (exact) mass is 445 g/mol. The summed E-state index contributed by atoms with van der Waals surface area (Å²) < 4.78 is 11.9. The molecule has 1 aliphatic rings. The highest BCUT2D eigenvalue weighted by molar-refractivity contribution is 6.00. The summed E-state index contributed by atoms with van der Waals surface area (Å²) in [5.41, 5.74) is 7.26. The van der Waals surface area contributed by atoms with Crippen LogP contribution in [0.5, 0.6) is 5.75 Å². The van der Waals surface area contributed by atoms with Crippen molar-refractivity contribution in [3.8, 4) is 16.9 Å². The maximum Gasteiger partial charge on any atom is 0.244 e. The van der Waals surface area contributed by atoms with E-state index >= 15 is 0 Å². The molecule has 0 radical (unpaired) electrons. The Morgan fingerprint density at radius 2 is 1.85 bits per heavy atom. The van der Waals surface area contributed by atoms with Crippen molar-refractivity contribution >= 4 is 22.4 Å². The van der Waals surface area contributed by atoms with E-state index in [1.807, 2.05) is 26.2 Å². The van der Waals surface area contributed by atoms with Gasteiger partial charge in [0.2, 0.25) is 5.91 Å². The molecule has 33 heavy (non-hydrogen) atoms. The zero-order valence-electron chi connectivity index (χ0n) is 20.3. The topological polar surface area (TPSA) is 51.5 Å². The summed E-state index contributed by atoms with van der Waals surface area (Å²) in [6.07, 6.45) is 10.6. The minimum Gasteiger partial charge on any atom is -0.493 e. The van der Waals surface area contributed by atoms with Crippen molar-refractivity contribution in [1.82, 2.24) is 5.32 Å². The van der Waals surface area contributed by atoms with E-state index in [0.717, 1.165) is 51.8 Å². The number of ether oxygens (including phenoxy) is 1. The molecule has 1 aromatic heterocycles. The Bertz CT molecular complexity index is 1160. The van der Waals surface area contributed by atoms with Crippen LogP contribution < -0.4 is 10.1 Å². The first-order chi connectivity index (χ1) is 16.0. The number of benzene rings is 2. The number of allylic oxidation sites excluding steroid dienone is 1. The predicted molar refractivity (Wildman–Crippen MR) is 136 cm³/mol. The molecule has 1 amide bonds. The van der Waals surface area contributed by atoms with Crippen LogP contribution in [0.25, 0.3) is 27.7 Å². The Morgan fingerprint density at radius 3 is 2.55 bits per heavy atom. The lowest BCUT2D eigenvalue weighted by Gasteiger charge is -2.16. The molecular formula is C29H35NO3. The molecule has 0 spiro atoms. The van der Waals surface area contributed by atoms with E-state index in [1.165, 1.54) is 36.8 Å². The van der Waals surface area contributed by atoms with Crippen LogP contribution in [0.1, 0.15) is 69.1 Å². The zero-order valence-corrected chi connectivity index (χ0v) is 20.3. The summed E-state index contributed by atoms with van der Waals surface area (Å²) in [4.78, 5) is 12.8. The SMILES string of the molecule is CCOc1cc2occ(-c3ccc(C)cc3C)c2cc1/C(C)=C/C(=O)NC1CCCCCC1. The Morgan fingerprint density at radius 1 is 1.09 bits per heavy atom. The fourth-order valence-electron chi connectivity index (χ4n) is 4.90. The first kappa shape index (κ1) is 23.2. The van der Waals surface area contributed by atoms with Crippen molar-refractivity contribution in [1.29, 1.82) is 0 Å². The Labute approximate surface area is 197 Å². The third-order valence-corrected chi connectivity index (χ3v) is 6.62. The molecule has 0 aliphatic heterocycles. The van der Waals surface area contributed by atoms with Crippen LogP contribution in [-0.2, 0) is 4.79 Å². The maximum atomic E-state index is 12.8. The van der Waals surface area contributed by atoms with Crippen LogP contribution in [0, 0.1) is 13.8 Å². The Hall–Kier alpha value is -3.01. The van der Waals surface area contributed by atoms with Crippen molar-refractivity contribution < 1.29 is 13.9 Å². The second-order valence-corrected chi connectivity index (χ2v) is 9.27. The van der Waals surface area contributed by atoms with Gasteiger partial charge in [0.05, 0.1) is 12.9 Å². The highest BCUT2D eigenvalue weighted by Gasteiger charge is 2.18. The average Bonchev–Trinajstić information content (AvgIpc) is 3.00. The minimum atomic E-state index is -0.0243. The van der Waals surface area contributed by atoms with Crippen LogP contribution in [0.15, 0.2) is 47.1 Å². The fraction of sp³-hybridized carbons (Fsp3) is 0.414. The first-order valence-corrected chi connectivity index (χ1v) is 12.2. The average molecular weight is 446 g/mol. The molecule has 4 nitrogen and oxygen atoms in total. The number of aryl methyl sites for hydroxylation is 2. The summed E-state index contributed by atoms with van der Waals surface area (Å²) in [5, 5.41) is 4.24. The second-order valence-electron chi connectivity index (χ2n) is 9.27. The van der Waals surface area contributed by atoms with Crippen LogP contribution in [0.2, 0.25) is 0 Å². The van der Waals surface area contributed by atoms with Gasteiger partial charge in [0, 0.05) is 34.7 Å². The fourth-order valence-corrected chi connectivity index (χ4v) is 4.90. The van der Waals surface area contributed by atoms with Gasteiger partial charge in [-0.05, 0) is 63.3 Å². The Kier molecular flexibility index (Phi) is 7.22. The summed E-state index contributed by atoms with van der Waals surface area (Å²) in [6, 6.07) is 10.8. The Balaban J connectivity index is 1.69. The largest absolute Gasteiger partial charge is 0.493 e. The number of rotatable bonds is 6. The van der Waals surface area contributed by atoms with Gasteiger partial charge in [-0.1, -0.05) is 49.4 Å². The van der Waals surface area contributed by atoms with Gasteiger partial charge in [0.1, 0.15) is 11.3 Å². The summed E-state index contributed by atoms with van der Waals surface area (Å²) in [6.45, 7) is 8.72. The minimum absolute atomic E-state index is 0.0243. The third kappa shape index (κ3) is 5.32. The van der Waals surface area contributed by atoms with E-state index in [4.69, 9.17) is 9.15 Å². The van der Waals surface area contributed by atoms with E-state index in [9.17, 15) is 4.79 Å². The van der Waals surface area contributed by atoms with E-state index in [0.29, 0.717) is 6.61 Å². The van der Waals surface area contributed by atoms with Gasteiger partial charge < -0.3 is 14.5 Å².